The van der Waals surface area contributed by atoms with Gasteiger partial charge in [-0.25, -0.2) is 0 Å². The average molecular weight is 281 g/mol. The Balaban J connectivity index is 2.34. The number of rotatable bonds is 3. The van der Waals surface area contributed by atoms with E-state index in [1.54, 1.807) is 7.11 Å². The fourth-order valence-electron chi connectivity index (χ4n) is 1.66. The number of aryl methyl sites for hydroxylation is 1. The summed E-state index contributed by atoms with van der Waals surface area (Å²) in [5.41, 5.74) is 2.30. The number of methoxy groups -OCH3 is 1. The molecule has 1 heterocycles. The second-order valence-electron chi connectivity index (χ2n) is 3.55. The van der Waals surface area contributed by atoms with Crippen molar-refractivity contribution in [3.8, 4) is 5.75 Å². The smallest absolute Gasteiger partial charge is 0.122 e. The van der Waals surface area contributed by atoms with Crippen molar-refractivity contribution in [2.75, 3.05) is 7.11 Å². The van der Waals surface area contributed by atoms with Gasteiger partial charge in [0.25, 0.3) is 0 Å². The van der Waals surface area contributed by atoms with Gasteiger partial charge in [0.2, 0.25) is 0 Å². The molecule has 0 fully saturated rings. The summed E-state index contributed by atoms with van der Waals surface area (Å²) in [7, 11) is 3.63. The van der Waals surface area contributed by atoms with E-state index in [-0.39, 0.29) is 0 Å². The summed E-state index contributed by atoms with van der Waals surface area (Å²) in [5, 5.41) is 4.20. The molecule has 0 aliphatic rings. The number of aromatic nitrogens is 2. The molecule has 0 saturated heterocycles. The molecule has 0 N–H and O–H groups in total. The predicted molar refractivity (Wildman–Crippen MR) is 66.7 cm³/mol. The second-order valence-corrected chi connectivity index (χ2v) is 4.41. The van der Waals surface area contributed by atoms with E-state index in [9.17, 15) is 0 Å². The molecule has 0 unspecified atom stereocenters. The molecule has 2 rings (SSSR count). The van der Waals surface area contributed by atoms with Gasteiger partial charge in [-0.2, -0.15) is 5.10 Å². The first kappa shape index (κ1) is 11.2. The fourth-order valence-corrected chi connectivity index (χ4v) is 2.15. The Morgan fingerprint density at radius 1 is 1.38 bits per heavy atom. The largest absolute Gasteiger partial charge is 0.496 e. The number of benzene rings is 1. The number of halogens is 1. The van der Waals surface area contributed by atoms with E-state index in [0.717, 1.165) is 27.9 Å². The van der Waals surface area contributed by atoms with Crippen LogP contribution in [-0.2, 0) is 13.5 Å². The van der Waals surface area contributed by atoms with Crippen LogP contribution in [0, 0.1) is 0 Å². The van der Waals surface area contributed by atoms with Crippen LogP contribution in [0.1, 0.15) is 11.3 Å². The van der Waals surface area contributed by atoms with E-state index in [4.69, 9.17) is 4.74 Å². The molecule has 0 radical (unpaired) electrons. The maximum absolute atomic E-state index is 5.33. The quantitative estimate of drug-likeness (QED) is 0.865. The molecule has 0 aliphatic heterocycles. The van der Waals surface area contributed by atoms with Gasteiger partial charge in [0.05, 0.1) is 23.5 Å². The van der Waals surface area contributed by atoms with Crippen LogP contribution in [-0.4, -0.2) is 16.9 Å². The van der Waals surface area contributed by atoms with Crippen molar-refractivity contribution in [1.29, 1.82) is 0 Å². The van der Waals surface area contributed by atoms with Crippen LogP contribution < -0.4 is 4.74 Å². The topological polar surface area (TPSA) is 27.1 Å². The normalized spacial score (nSPS) is 10.4. The maximum Gasteiger partial charge on any atom is 0.122 e. The summed E-state index contributed by atoms with van der Waals surface area (Å²) in [5.74, 6) is 0.913. The Labute approximate surface area is 103 Å². The van der Waals surface area contributed by atoms with E-state index in [2.05, 4.69) is 27.1 Å². The first-order valence-corrected chi connectivity index (χ1v) is 5.80. The highest BCUT2D eigenvalue weighted by Crippen LogP contribution is 2.24. The standard InChI is InChI=1S/C12H13BrN2O/c1-15-11(10(13)8-14-15)7-9-5-3-4-6-12(9)16-2/h3-6,8H,7H2,1-2H3. The minimum absolute atomic E-state index is 0.807. The van der Waals surface area contributed by atoms with Crippen LogP contribution in [0.3, 0.4) is 0 Å². The van der Waals surface area contributed by atoms with Crippen LogP contribution >= 0.6 is 15.9 Å². The van der Waals surface area contributed by atoms with Gasteiger partial charge in [-0.05, 0) is 22.0 Å². The first-order valence-electron chi connectivity index (χ1n) is 5.00. The van der Waals surface area contributed by atoms with Gasteiger partial charge in [-0.3, -0.25) is 4.68 Å². The van der Waals surface area contributed by atoms with Crippen molar-refractivity contribution in [3.63, 3.8) is 0 Å². The van der Waals surface area contributed by atoms with Gasteiger partial charge < -0.3 is 4.74 Å². The number of para-hydroxylation sites is 1. The summed E-state index contributed by atoms with van der Waals surface area (Å²) in [6, 6.07) is 8.03. The maximum atomic E-state index is 5.33. The minimum atomic E-state index is 0.807. The molecule has 3 nitrogen and oxygen atoms in total. The van der Waals surface area contributed by atoms with Gasteiger partial charge in [0.1, 0.15) is 5.75 Å². The molecule has 0 bridgehead atoms. The Morgan fingerprint density at radius 3 is 2.75 bits per heavy atom. The third-order valence-electron chi connectivity index (χ3n) is 2.56. The summed E-state index contributed by atoms with van der Waals surface area (Å²) in [4.78, 5) is 0. The molecule has 16 heavy (non-hydrogen) atoms. The number of hydrogen-bond donors (Lipinski definition) is 0. The Hall–Kier alpha value is -1.29. The number of hydrogen-bond acceptors (Lipinski definition) is 2. The van der Waals surface area contributed by atoms with Gasteiger partial charge in [0.15, 0.2) is 0 Å². The Bertz CT molecular complexity index is 474. The first-order chi connectivity index (χ1) is 7.72. The lowest BCUT2D eigenvalue weighted by Crippen LogP contribution is -2.01. The van der Waals surface area contributed by atoms with E-state index in [0.29, 0.717) is 0 Å². The summed E-state index contributed by atoms with van der Waals surface area (Å²) >= 11 is 3.50. The molecule has 0 atom stereocenters. The lowest BCUT2D eigenvalue weighted by atomic mass is 10.1. The number of ether oxygens (including phenoxy) is 1. The van der Waals surface area contributed by atoms with E-state index in [1.165, 1.54) is 0 Å². The van der Waals surface area contributed by atoms with Crippen molar-refractivity contribution in [3.05, 3.63) is 46.2 Å². The van der Waals surface area contributed by atoms with Crippen LogP contribution in [0.2, 0.25) is 0 Å². The van der Waals surface area contributed by atoms with Crippen LogP contribution in [0.4, 0.5) is 0 Å². The second kappa shape index (κ2) is 4.70. The summed E-state index contributed by atoms with van der Waals surface area (Å²) < 4.78 is 8.23. The number of nitrogens with zero attached hydrogens (tertiary/aromatic N) is 2. The van der Waals surface area contributed by atoms with Crippen molar-refractivity contribution < 1.29 is 4.74 Å². The lowest BCUT2D eigenvalue weighted by Gasteiger charge is -2.08. The highest BCUT2D eigenvalue weighted by molar-refractivity contribution is 9.10. The van der Waals surface area contributed by atoms with E-state index >= 15 is 0 Å². The van der Waals surface area contributed by atoms with Crippen molar-refractivity contribution in [2.45, 2.75) is 6.42 Å². The highest BCUT2D eigenvalue weighted by Gasteiger charge is 2.09. The summed E-state index contributed by atoms with van der Waals surface area (Å²) in [6.45, 7) is 0. The molecule has 4 heteroatoms. The lowest BCUT2D eigenvalue weighted by molar-refractivity contribution is 0.410. The highest BCUT2D eigenvalue weighted by atomic mass is 79.9. The van der Waals surface area contributed by atoms with Gasteiger partial charge in [-0.1, -0.05) is 18.2 Å². The molecule has 84 valence electrons. The fraction of sp³-hybridized carbons (Fsp3) is 0.250. The Kier molecular flexibility index (Phi) is 3.29. The third-order valence-corrected chi connectivity index (χ3v) is 3.22. The third kappa shape index (κ3) is 2.11. The van der Waals surface area contributed by atoms with Crippen molar-refractivity contribution in [1.82, 2.24) is 9.78 Å². The zero-order valence-electron chi connectivity index (χ0n) is 9.27. The van der Waals surface area contributed by atoms with Gasteiger partial charge >= 0.3 is 0 Å². The van der Waals surface area contributed by atoms with Gasteiger partial charge in [-0.15, -0.1) is 0 Å². The average Bonchev–Trinajstić information content (AvgIpc) is 2.61. The Morgan fingerprint density at radius 2 is 2.12 bits per heavy atom. The molecule has 0 spiro atoms. The molecule has 0 aliphatic carbocycles. The van der Waals surface area contributed by atoms with Crippen LogP contribution in [0.15, 0.2) is 34.9 Å². The predicted octanol–water partition coefficient (Wildman–Crippen LogP) is 2.78. The van der Waals surface area contributed by atoms with E-state index in [1.807, 2.05) is 36.1 Å². The van der Waals surface area contributed by atoms with Crippen molar-refractivity contribution >= 4 is 15.9 Å². The minimum Gasteiger partial charge on any atom is -0.496 e. The molecule has 0 amide bonds. The monoisotopic (exact) mass is 280 g/mol. The molecular weight excluding hydrogens is 268 g/mol. The van der Waals surface area contributed by atoms with E-state index < -0.39 is 0 Å². The zero-order chi connectivity index (χ0) is 11.5. The molecule has 0 saturated carbocycles. The SMILES string of the molecule is COc1ccccc1Cc1c(Br)cnn1C. The van der Waals surface area contributed by atoms with Crippen LogP contribution in [0.25, 0.3) is 0 Å². The van der Waals surface area contributed by atoms with Crippen LogP contribution in [0.5, 0.6) is 5.75 Å². The molecule has 1 aromatic carbocycles. The zero-order valence-corrected chi connectivity index (χ0v) is 10.9. The molecule has 2 aromatic rings. The van der Waals surface area contributed by atoms with Crippen molar-refractivity contribution in [2.24, 2.45) is 7.05 Å². The van der Waals surface area contributed by atoms with Gasteiger partial charge in [0, 0.05) is 19.0 Å². The molecular formula is C12H13BrN2O. The summed E-state index contributed by atoms with van der Waals surface area (Å²) in [6.07, 6.45) is 2.62. The molecule has 1 aromatic heterocycles.